The van der Waals surface area contributed by atoms with E-state index in [0.717, 1.165) is 12.8 Å². The first-order valence-electron chi connectivity index (χ1n) is 6.40. The Hall–Kier alpha value is -0.980. The van der Waals surface area contributed by atoms with E-state index in [0.29, 0.717) is 13.2 Å². The molecular weight excluding hydrogens is 242 g/mol. The SMILES string of the molecule is CSc1ccc(C2(C3(C#N)CCC3)COC2)cc1. The molecule has 1 aliphatic heterocycles. The van der Waals surface area contributed by atoms with Gasteiger partial charge in [-0.3, -0.25) is 0 Å². The Morgan fingerprint density at radius 3 is 2.22 bits per heavy atom. The molecule has 1 saturated carbocycles. The van der Waals surface area contributed by atoms with E-state index >= 15 is 0 Å². The molecule has 3 heteroatoms. The molecule has 3 rings (SSSR count). The minimum Gasteiger partial charge on any atom is -0.379 e. The summed E-state index contributed by atoms with van der Waals surface area (Å²) < 4.78 is 5.48. The molecule has 94 valence electrons. The van der Waals surface area contributed by atoms with Crippen LogP contribution in [0.5, 0.6) is 0 Å². The molecule has 0 aromatic heterocycles. The van der Waals surface area contributed by atoms with Gasteiger partial charge in [-0.05, 0) is 36.8 Å². The van der Waals surface area contributed by atoms with Crippen LogP contribution in [0.2, 0.25) is 0 Å². The van der Waals surface area contributed by atoms with Crippen molar-refractivity contribution in [3.63, 3.8) is 0 Å². The van der Waals surface area contributed by atoms with Gasteiger partial charge in [0.05, 0.1) is 30.1 Å². The molecule has 1 aromatic carbocycles. The van der Waals surface area contributed by atoms with Crippen LogP contribution in [-0.2, 0) is 10.2 Å². The normalized spacial score (nSPS) is 23.6. The predicted molar refractivity (Wildman–Crippen MR) is 72.6 cm³/mol. The molecule has 0 radical (unpaired) electrons. The summed E-state index contributed by atoms with van der Waals surface area (Å²) in [4.78, 5) is 1.27. The Kier molecular flexibility index (Phi) is 2.88. The van der Waals surface area contributed by atoms with E-state index in [1.165, 1.54) is 16.9 Å². The fourth-order valence-corrected chi connectivity index (χ4v) is 3.57. The largest absolute Gasteiger partial charge is 0.379 e. The third-order valence-corrected chi connectivity index (χ3v) is 5.42. The highest BCUT2D eigenvalue weighted by Crippen LogP contribution is 2.58. The van der Waals surface area contributed by atoms with Crippen LogP contribution in [0, 0.1) is 16.7 Å². The number of rotatable bonds is 3. The summed E-state index contributed by atoms with van der Waals surface area (Å²) in [6, 6.07) is 11.3. The van der Waals surface area contributed by atoms with Crippen LogP contribution in [-0.4, -0.2) is 19.5 Å². The standard InChI is InChI=1S/C15H17NOS/c1-18-13-5-3-12(4-6-13)15(10-17-11-15)14(9-16)7-2-8-14/h3-6H,2,7-8,10-11H2,1H3. The molecule has 1 aromatic rings. The lowest BCUT2D eigenvalue weighted by atomic mass is 9.50. The third kappa shape index (κ3) is 1.46. The highest BCUT2D eigenvalue weighted by atomic mass is 32.2. The number of benzene rings is 1. The maximum absolute atomic E-state index is 9.59. The summed E-state index contributed by atoms with van der Waals surface area (Å²) in [6.45, 7) is 1.42. The zero-order chi connectivity index (χ0) is 12.6. The monoisotopic (exact) mass is 259 g/mol. The Morgan fingerprint density at radius 2 is 1.89 bits per heavy atom. The van der Waals surface area contributed by atoms with Gasteiger partial charge in [0.15, 0.2) is 0 Å². The molecule has 0 unspecified atom stereocenters. The van der Waals surface area contributed by atoms with Crippen LogP contribution >= 0.6 is 11.8 Å². The van der Waals surface area contributed by atoms with E-state index in [2.05, 4.69) is 36.6 Å². The smallest absolute Gasteiger partial charge is 0.0715 e. The average Bonchev–Trinajstić information content (AvgIpc) is 2.31. The molecule has 0 N–H and O–H groups in total. The van der Waals surface area contributed by atoms with Gasteiger partial charge in [-0.2, -0.15) is 5.26 Å². The van der Waals surface area contributed by atoms with Gasteiger partial charge in [0, 0.05) is 4.90 Å². The van der Waals surface area contributed by atoms with Crippen molar-refractivity contribution in [2.75, 3.05) is 19.5 Å². The molecule has 1 aliphatic carbocycles. The van der Waals surface area contributed by atoms with Crippen LogP contribution in [0.15, 0.2) is 29.2 Å². The van der Waals surface area contributed by atoms with E-state index in [9.17, 15) is 5.26 Å². The van der Waals surface area contributed by atoms with Crippen molar-refractivity contribution < 1.29 is 4.74 Å². The number of ether oxygens (including phenoxy) is 1. The minimum atomic E-state index is -0.174. The highest BCUT2D eigenvalue weighted by Gasteiger charge is 2.60. The molecule has 2 aliphatic rings. The quantitative estimate of drug-likeness (QED) is 0.780. The summed E-state index contributed by atoms with van der Waals surface area (Å²) in [5.74, 6) is 0. The molecule has 0 amide bonds. The van der Waals surface area contributed by atoms with Gasteiger partial charge in [0.1, 0.15) is 0 Å². The van der Waals surface area contributed by atoms with Gasteiger partial charge in [0.25, 0.3) is 0 Å². The fraction of sp³-hybridized carbons (Fsp3) is 0.533. The summed E-state index contributed by atoms with van der Waals surface area (Å²) in [7, 11) is 0. The molecule has 1 heterocycles. The van der Waals surface area contributed by atoms with Gasteiger partial charge in [-0.1, -0.05) is 18.6 Å². The lowest BCUT2D eigenvalue weighted by Crippen LogP contribution is -2.61. The van der Waals surface area contributed by atoms with Crippen molar-refractivity contribution in [3.05, 3.63) is 29.8 Å². The van der Waals surface area contributed by atoms with Crippen molar-refractivity contribution in [1.29, 1.82) is 5.26 Å². The maximum Gasteiger partial charge on any atom is 0.0715 e. The first-order valence-corrected chi connectivity index (χ1v) is 7.62. The number of nitriles is 1. The van der Waals surface area contributed by atoms with Crippen molar-refractivity contribution in [1.82, 2.24) is 0 Å². The Labute approximate surface area is 112 Å². The summed E-state index contributed by atoms with van der Waals surface area (Å²) >= 11 is 1.75. The van der Waals surface area contributed by atoms with Crippen LogP contribution in [0.25, 0.3) is 0 Å². The van der Waals surface area contributed by atoms with Crippen LogP contribution in [0.3, 0.4) is 0 Å². The van der Waals surface area contributed by atoms with Crippen LogP contribution < -0.4 is 0 Å². The van der Waals surface area contributed by atoms with Gasteiger partial charge in [-0.15, -0.1) is 11.8 Å². The van der Waals surface area contributed by atoms with Crippen LogP contribution in [0.4, 0.5) is 0 Å². The average molecular weight is 259 g/mol. The van der Waals surface area contributed by atoms with E-state index in [1.54, 1.807) is 11.8 Å². The molecule has 0 spiro atoms. The molecule has 2 fully saturated rings. The summed E-state index contributed by atoms with van der Waals surface area (Å²) in [5, 5.41) is 9.59. The topological polar surface area (TPSA) is 33.0 Å². The number of hydrogen-bond acceptors (Lipinski definition) is 3. The van der Waals surface area contributed by atoms with Crippen molar-refractivity contribution in [2.24, 2.45) is 5.41 Å². The second kappa shape index (κ2) is 4.29. The van der Waals surface area contributed by atoms with Gasteiger partial charge < -0.3 is 4.74 Å². The zero-order valence-electron chi connectivity index (χ0n) is 10.6. The predicted octanol–water partition coefficient (Wildman–Crippen LogP) is 3.37. The lowest BCUT2D eigenvalue weighted by Gasteiger charge is -2.56. The Balaban J connectivity index is 1.98. The van der Waals surface area contributed by atoms with Gasteiger partial charge in [-0.25, -0.2) is 0 Å². The Morgan fingerprint density at radius 1 is 1.22 bits per heavy atom. The molecular formula is C15H17NOS. The van der Waals surface area contributed by atoms with Crippen molar-refractivity contribution >= 4 is 11.8 Å². The first-order chi connectivity index (χ1) is 8.76. The fourth-order valence-electron chi connectivity index (χ4n) is 3.16. The highest BCUT2D eigenvalue weighted by molar-refractivity contribution is 7.98. The second-order valence-electron chi connectivity index (χ2n) is 5.35. The summed E-state index contributed by atoms with van der Waals surface area (Å²) in [5.41, 5.74) is 1.07. The van der Waals surface area contributed by atoms with Gasteiger partial charge >= 0.3 is 0 Å². The van der Waals surface area contributed by atoms with Gasteiger partial charge in [0.2, 0.25) is 0 Å². The van der Waals surface area contributed by atoms with Crippen molar-refractivity contribution in [2.45, 2.75) is 29.6 Å². The number of hydrogen-bond donors (Lipinski definition) is 0. The molecule has 1 saturated heterocycles. The van der Waals surface area contributed by atoms with E-state index < -0.39 is 0 Å². The zero-order valence-corrected chi connectivity index (χ0v) is 11.4. The lowest BCUT2D eigenvalue weighted by molar-refractivity contribution is -0.134. The molecule has 2 nitrogen and oxygen atoms in total. The first kappa shape index (κ1) is 12.1. The third-order valence-electron chi connectivity index (χ3n) is 4.68. The van der Waals surface area contributed by atoms with Crippen LogP contribution in [0.1, 0.15) is 24.8 Å². The summed E-state index contributed by atoms with van der Waals surface area (Å²) in [6.07, 6.45) is 5.31. The minimum absolute atomic E-state index is 0.0447. The number of thioether (sulfide) groups is 1. The van der Waals surface area contributed by atoms with E-state index in [-0.39, 0.29) is 10.8 Å². The maximum atomic E-state index is 9.59. The second-order valence-corrected chi connectivity index (χ2v) is 6.23. The Bertz CT molecular complexity index is 480. The molecule has 0 atom stereocenters. The van der Waals surface area contributed by atoms with E-state index in [4.69, 9.17) is 4.74 Å². The van der Waals surface area contributed by atoms with E-state index in [1.807, 2.05) is 0 Å². The number of nitrogens with zero attached hydrogens (tertiary/aromatic N) is 1. The molecule has 18 heavy (non-hydrogen) atoms. The van der Waals surface area contributed by atoms with Crippen molar-refractivity contribution in [3.8, 4) is 6.07 Å². The molecule has 0 bridgehead atoms.